The summed E-state index contributed by atoms with van der Waals surface area (Å²) in [6, 6.07) is 1.87. The van der Waals surface area contributed by atoms with Gasteiger partial charge in [0.15, 0.2) is 11.6 Å². The van der Waals surface area contributed by atoms with E-state index in [2.05, 4.69) is 12.2 Å². The van der Waals surface area contributed by atoms with Crippen molar-refractivity contribution >= 4 is 11.6 Å². The second-order valence-corrected chi connectivity index (χ2v) is 4.53. The van der Waals surface area contributed by atoms with E-state index in [1.54, 1.807) is 0 Å². The number of nitrogens with one attached hydrogen (secondary N) is 2. The molecule has 21 heavy (non-hydrogen) atoms. The largest absolute Gasteiger partial charge is 0.381 e. The number of ether oxygens (including phenoxy) is 1. The van der Waals surface area contributed by atoms with Crippen LogP contribution in [0.4, 0.5) is 14.5 Å². The van der Waals surface area contributed by atoms with Crippen molar-refractivity contribution in [3.05, 3.63) is 29.3 Å². The second kappa shape index (κ2) is 9.25. The van der Waals surface area contributed by atoms with Gasteiger partial charge in [-0.1, -0.05) is 13.3 Å². The Bertz CT molecular complexity index is 447. The Morgan fingerprint density at radius 3 is 2.43 bits per heavy atom. The Hall–Kier alpha value is -1.73. The third kappa shape index (κ3) is 5.65. The molecule has 0 spiro atoms. The summed E-state index contributed by atoms with van der Waals surface area (Å²) in [6.45, 7) is 3.70. The van der Waals surface area contributed by atoms with Crippen LogP contribution in [0.2, 0.25) is 0 Å². The maximum atomic E-state index is 13.5. The molecule has 0 aromatic heterocycles. The number of rotatable bonds is 9. The smallest absolute Gasteiger partial charge is 0.251 e. The molecule has 1 aromatic carbocycles. The first kappa shape index (κ1) is 17.3. The number of hydrogen-bond donors (Lipinski definition) is 3. The molecule has 0 saturated carbocycles. The summed E-state index contributed by atoms with van der Waals surface area (Å²) in [5.41, 5.74) is 1.36. The molecule has 1 amide bonds. The lowest BCUT2D eigenvalue weighted by atomic mass is 10.1. The summed E-state index contributed by atoms with van der Waals surface area (Å²) in [6.07, 6.45) is 2.72. The van der Waals surface area contributed by atoms with Crippen molar-refractivity contribution in [3.63, 3.8) is 0 Å². The molecule has 0 fully saturated rings. The number of carbonyl (C=O) groups excluding carboxylic acids is 1. The zero-order valence-corrected chi connectivity index (χ0v) is 12.0. The van der Waals surface area contributed by atoms with Gasteiger partial charge in [-0.05, 0) is 25.0 Å². The van der Waals surface area contributed by atoms with Crippen LogP contribution in [0.5, 0.6) is 0 Å². The van der Waals surface area contributed by atoms with E-state index in [1.807, 2.05) is 5.43 Å². The third-order valence-corrected chi connectivity index (χ3v) is 2.84. The molecule has 0 bridgehead atoms. The van der Waals surface area contributed by atoms with E-state index in [4.69, 9.17) is 10.6 Å². The van der Waals surface area contributed by atoms with Crippen LogP contribution in [0.1, 0.15) is 36.5 Å². The van der Waals surface area contributed by atoms with Gasteiger partial charge in [0.1, 0.15) is 5.69 Å². The fourth-order valence-corrected chi connectivity index (χ4v) is 1.67. The van der Waals surface area contributed by atoms with Crippen LogP contribution in [0, 0.1) is 11.6 Å². The zero-order chi connectivity index (χ0) is 15.7. The van der Waals surface area contributed by atoms with Gasteiger partial charge in [0.25, 0.3) is 5.91 Å². The molecule has 0 saturated heterocycles. The van der Waals surface area contributed by atoms with E-state index in [-0.39, 0.29) is 5.56 Å². The summed E-state index contributed by atoms with van der Waals surface area (Å²) in [5, 5.41) is 2.58. The first-order valence-corrected chi connectivity index (χ1v) is 6.91. The van der Waals surface area contributed by atoms with Crippen LogP contribution in [-0.2, 0) is 4.74 Å². The average Bonchev–Trinajstić information content (AvgIpc) is 2.45. The van der Waals surface area contributed by atoms with Crippen molar-refractivity contribution in [2.45, 2.75) is 26.2 Å². The third-order valence-electron chi connectivity index (χ3n) is 2.84. The van der Waals surface area contributed by atoms with Gasteiger partial charge < -0.3 is 15.5 Å². The number of amides is 1. The van der Waals surface area contributed by atoms with Crippen LogP contribution in [-0.4, -0.2) is 25.7 Å². The van der Waals surface area contributed by atoms with Gasteiger partial charge in [-0.25, -0.2) is 8.78 Å². The number of unbranched alkanes of at least 4 members (excludes halogenated alkanes) is 1. The number of hydrazine groups is 1. The van der Waals surface area contributed by atoms with Gasteiger partial charge in [-0.3, -0.25) is 10.6 Å². The average molecular weight is 301 g/mol. The number of benzene rings is 1. The quantitative estimate of drug-likeness (QED) is 0.371. The SMILES string of the molecule is CCCCOCCCNC(=O)c1cc(F)c(NN)c(F)c1. The maximum absolute atomic E-state index is 13.5. The van der Waals surface area contributed by atoms with Gasteiger partial charge >= 0.3 is 0 Å². The van der Waals surface area contributed by atoms with Crippen LogP contribution < -0.4 is 16.6 Å². The van der Waals surface area contributed by atoms with Crippen molar-refractivity contribution in [1.29, 1.82) is 0 Å². The van der Waals surface area contributed by atoms with Crippen molar-refractivity contribution in [3.8, 4) is 0 Å². The van der Waals surface area contributed by atoms with Crippen molar-refractivity contribution in [2.75, 3.05) is 25.2 Å². The van der Waals surface area contributed by atoms with E-state index in [9.17, 15) is 13.6 Å². The van der Waals surface area contributed by atoms with Crippen LogP contribution >= 0.6 is 0 Å². The Kier molecular flexibility index (Phi) is 7.63. The van der Waals surface area contributed by atoms with Gasteiger partial charge in [-0.2, -0.15) is 0 Å². The lowest BCUT2D eigenvalue weighted by Crippen LogP contribution is -2.26. The second-order valence-electron chi connectivity index (χ2n) is 4.53. The Labute approximate surface area is 122 Å². The van der Waals surface area contributed by atoms with Crippen molar-refractivity contribution in [1.82, 2.24) is 5.32 Å². The summed E-state index contributed by atoms with van der Waals surface area (Å²) >= 11 is 0. The molecule has 0 unspecified atom stereocenters. The van der Waals surface area contributed by atoms with Crippen molar-refractivity contribution in [2.24, 2.45) is 5.84 Å². The fraction of sp³-hybridized carbons (Fsp3) is 0.500. The Morgan fingerprint density at radius 1 is 1.24 bits per heavy atom. The fourth-order valence-electron chi connectivity index (χ4n) is 1.67. The number of nitrogens with two attached hydrogens (primary N) is 1. The summed E-state index contributed by atoms with van der Waals surface area (Å²) in [7, 11) is 0. The Morgan fingerprint density at radius 2 is 1.86 bits per heavy atom. The van der Waals surface area contributed by atoms with E-state index in [1.165, 1.54) is 0 Å². The van der Waals surface area contributed by atoms with Crippen LogP contribution in [0.15, 0.2) is 12.1 Å². The minimum absolute atomic E-state index is 0.0871. The van der Waals surface area contributed by atoms with Crippen LogP contribution in [0.3, 0.4) is 0 Å². The predicted octanol–water partition coefficient (Wildman–Crippen LogP) is 2.19. The Balaban J connectivity index is 2.39. The number of anilines is 1. The van der Waals surface area contributed by atoms with Gasteiger partial charge in [0.2, 0.25) is 0 Å². The summed E-state index contributed by atoms with van der Waals surface area (Å²) in [5.74, 6) is 2.62. The van der Waals surface area contributed by atoms with E-state index in [0.29, 0.717) is 26.2 Å². The van der Waals surface area contributed by atoms with Gasteiger partial charge in [0, 0.05) is 25.3 Å². The molecule has 0 aliphatic carbocycles. The van der Waals surface area contributed by atoms with Crippen molar-refractivity contribution < 1.29 is 18.3 Å². The summed E-state index contributed by atoms with van der Waals surface area (Å²) in [4.78, 5) is 11.7. The monoisotopic (exact) mass is 301 g/mol. The molecule has 118 valence electrons. The highest BCUT2D eigenvalue weighted by atomic mass is 19.1. The van der Waals surface area contributed by atoms with Gasteiger partial charge in [0.05, 0.1) is 0 Å². The molecule has 5 nitrogen and oxygen atoms in total. The molecule has 0 atom stereocenters. The molecule has 0 aliphatic heterocycles. The molecule has 0 aliphatic rings. The van der Waals surface area contributed by atoms with E-state index < -0.39 is 23.2 Å². The topological polar surface area (TPSA) is 76.4 Å². The maximum Gasteiger partial charge on any atom is 0.251 e. The first-order valence-electron chi connectivity index (χ1n) is 6.91. The predicted molar refractivity (Wildman–Crippen MR) is 76.8 cm³/mol. The highest BCUT2D eigenvalue weighted by Crippen LogP contribution is 2.19. The molecular weight excluding hydrogens is 280 g/mol. The molecule has 4 N–H and O–H groups in total. The van der Waals surface area contributed by atoms with E-state index >= 15 is 0 Å². The first-order chi connectivity index (χ1) is 10.1. The van der Waals surface area contributed by atoms with Crippen LogP contribution in [0.25, 0.3) is 0 Å². The lowest BCUT2D eigenvalue weighted by molar-refractivity contribution is 0.0939. The summed E-state index contributed by atoms with van der Waals surface area (Å²) < 4.78 is 32.2. The molecule has 0 heterocycles. The highest BCUT2D eigenvalue weighted by Gasteiger charge is 2.14. The molecule has 7 heteroatoms. The zero-order valence-electron chi connectivity index (χ0n) is 12.0. The molecule has 1 rings (SSSR count). The highest BCUT2D eigenvalue weighted by molar-refractivity contribution is 5.94. The minimum Gasteiger partial charge on any atom is -0.381 e. The number of carbonyl (C=O) groups is 1. The molecular formula is C14H21F2N3O2. The lowest BCUT2D eigenvalue weighted by Gasteiger charge is -2.08. The van der Waals surface area contributed by atoms with E-state index in [0.717, 1.165) is 25.0 Å². The molecule has 0 radical (unpaired) electrons. The normalized spacial score (nSPS) is 10.5. The standard InChI is InChI=1S/C14H21F2N3O2/c1-2-3-6-21-7-4-5-18-14(20)10-8-11(15)13(19-17)12(16)9-10/h8-9,19H,2-7,17H2,1H3,(H,18,20). The number of halogens is 2. The number of nitrogen functional groups attached to an aromatic ring is 1. The number of hydrogen-bond acceptors (Lipinski definition) is 4. The molecule has 1 aromatic rings. The van der Waals surface area contributed by atoms with Gasteiger partial charge in [-0.15, -0.1) is 0 Å². The minimum atomic E-state index is -0.912.